The molecule has 10 heteroatoms. The minimum atomic E-state index is -4.46. The van der Waals surface area contributed by atoms with Gasteiger partial charge in [-0.1, -0.05) is 12.1 Å². The first-order valence-corrected chi connectivity index (χ1v) is 10.5. The van der Waals surface area contributed by atoms with Crippen LogP contribution < -0.4 is 5.32 Å². The number of thiazole rings is 1. The smallest absolute Gasteiger partial charge is 0.416 e. The molecule has 1 N–H and O–H groups in total. The maximum Gasteiger partial charge on any atom is 0.416 e. The van der Waals surface area contributed by atoms with Crippen molar-refractivity contribution in [3.8, 4) is 0 Å². The van der Waals surface area contributed by atoms with Crippen molar-refractivity contribution in [3.05, 3.63) is 76.2 Å². The van der Waals surface area contributed by atoms with Gasteiger partial charge in [-0.05, 0) is 36.4 Å². The van der Waals surface area contributed by atoms with Crippen molar-refractivity contribution in [2.24, 2.45) is 0 Å². The lowest BCUT2D eigenvalue weighted by atomic mass is 10.2. The van der Waals surface area contributed by atoms with E-state index in [2.05, 4.69) is 10.3 Å². The second kappa shape index (κ2) is 9.77. The van der Waals surface area contributed by atoms with Gasteiger partial charge in [0.25, 0.3) is 5.91 Å². The number of halogens is 3. The molecule has 0 saturated heterocycles. The van der Waals surface area contributed by atoms with Gasteiger partial charge in [-0.2, -0.15) is 13.2 Å². The van der Waals surface area contributed by atoms with Crippen LogP contribution in [0, 0.1) is 0 Å². The molecule has 2 aromatic carbocycles. The van der Waals surface area contributed by atoms with Gasteiger partial charge in [0, 0.05) is 21.7 Å². The highest BCUT2D eigenvalue weighted by Crippen LogP contribution is 2.30. The maximum absolute atomic E-state index is 12.6. The molecule has 0 bridgehead atoms. The lowest BCUT2D eigenvalue weighted by molar-refractivity contribution is -0.137. The van der Waals surface area contributed by atoms with E-state index in [1.807, 2.05) is 5.38 Å². The fourth-order valence-electron chi connectivity index (χ4n) is 2.37. The fraction of sp³-hybridized carbons (Fsp3) is 0.150. The fourth-order valence-corrected chi connectivity index (χ4v) is 3.98. The van der Waals surface area contributed by atoms with Gasteiger partial charge < -0.3 is 10.1 Å². The zero-order valence-electron chi connectivity index (χ0n) is 15.3. The molecule has 0 aliphatic carbocycles. The van der Waals surface area contributed by atoms with Crippen molar-refractivity contribution in [2.75, 3.05) is 11.9 Å². The van der Waals surface area contributed by atoms with Crippen molar-refractivity contribution < 1.29 is 27.5 Å². The highest BCUT2D eigenvalue weighted by molar-refractivity contribution is 7.98. The quantitative estimate of drug-likeness (QED) is 0.392. The topological polar surface area (TPSA) is 68.3 Å². The summed E-state index contributed by atoms with van der Waals surface area (Å²) in [5.74, 6) is -0.739. The monoisotopic (exact) mass is 452 g/mol. The van der Waals surface area contributed by atoms with Gasteiger partial charge in [-0.3, -0.25) is 4.79 Å². The summed E-state index contributed by atoms with van der Waals surface area (Å²) < 4.78 is 42.8. The van der Waals surface area contributed by atoms with Crippen LogP contribution in [0.4, 0.5) is 18.9 Å². The molecule has 0 radical (unpaired) electrons. The lowest BCUT2D eigenvalue weighted by Crippen LogP contribution is -2.21. The minimum absolute atomic E-state index is 0.170. The number of aromatic nitrogens is 1. The first-order valence-electron chi connectivity index (χ1n) is 8.56. The molecule has 1 amide bonds. The number of carbonyl (C=O) groups excluding carboxylic acids is 2. The average Bonchev–Trinajstić information content (AvgIpc) is 3.24. The number of hydrogen-bond donors (Lipinski definition) is 1. The Hall–Kier alpha value is -2.85. The Labute approximate surface area is 178 Å². The van der Waals surface area contributed by atoms with Crippen LogP contribution in [0.25, 0.3) is 0 Å². The van der Waals surface area contributed by atoms with E-state index in [-0.39, 0.29) is 5.69 Å². The van der Waals surface area contributed by atoms with Gasteiger partial charge in [0.2, 0.25) is 0 Å². The van der Waals surface area contributed by atoms with Gasteiger partial charge in [0.05, 0.1) is 22.3 Å². The van der Waals surface area contributed by atoms with E-state index in [1.54, 1.807) is 29.8 Å². The Kier molecular flexibility index (Phi) is 7.11. The number of carbonyl (C=O) groups is 2. The van der Waals surface area contributed by atoms with Crippen molar-refractivity contribution >= 4 is 40.7 Å². The molecule has 0 unspecified atom stereocenters. The van der Waals surface area contributed by atoms with E-state index in [1.165, 1.54) is 23.1 Å². The molecule has 0 saturated carbocycles. The lowest BCUT2D eigenvalue weighted by Gasteiger charge is -2.10. The van der Waals surface area contributed by atoms with Crippen molar-refractivity contribution in [1.82, 2.24) is 4.98 Å². The molecular weight excluding hydrogens is 437 g/mol. The standard InChI is InChI=1S/C20H15F3N2O3S2/c21-20(22,23)13-5-7-14(8-6-13)25-18(26)9-28-19(27)16-3-1-2-4-17(16)30-11-15-10-29-12-24-15/h1-8,10,12H,9,11H2,(H,25,26). The van der Waals surface area contributed by atoms with Gasteiger partial charge in [-0.15, -0.1) is 23.1 Å². The number of alkyl halides is 3. The Morgan fingerprint density at radius 2 is 1.83 bits per heavy atom. The summed E-state index contributed by atoms with van der Waals surface area (Å²) >= 11 is 2.91. The number of rotatable bonds is 7. The van der Waals surface area contributed by atoms with E-state index >= 15 is 0 Å². The minimum Gasteiger partial charge on any atom is -0.452 e. The van der Waals surface area contributed by atoms with Crippen LogP contribution in [0.2, 0.25) is 0 Å². The molecule has 0 atom stereocenters. The number of benzene rings is 2. The molecule has 1 heterocycles. The number of hydrogen-bond acceptors (Lipinski definition) is 6. The largest absolute Gasteiger partial charge is 0.452 e. The number of ether oxygens (including phenoxy) is 1. The Bertz CT molecular complexity index is 1010. The average molecular weight is 452 g/mol. The molecule has 3 aromatic rings. The van der Waals surface area contributed by atoms with Gasteiger partial charge in [0.1, 0.15) is 0 Å². The number of anilines is 1. The zero-order valence-corrected chi connectivity index (χ0v) is 16.9. The van der Waals surface area contributed by atoms with E-state index in [4.69, 9.17) is 4.74 Å². The van der Waals surface area contributed by atoms with Crippen molar-refractivity contribution in [2.45, 2.75) is 16.8 Å². The number of nitrogens with zero attached hydrogens (tertiary/aromatic N) is 1. The second-order valence-electron chi connectivity index (χ2n) is 5.96. The number of thioether (sulfide) groups is 1. The Balaban J connectivity index is 1.54. The van der Waals surface area contributed by atoms with Crippen LogP contribution in [-0.4, -0.2) is 23.5 Å². The van der Waals surface area contributed by atoms with Gasteiger partial charge in [0.15, 0.2) is 6.61 Å². The van der Waals surface area contributed by atoms with Gasteiger partial charge >= 0.3 is 12.1 Å². The predicted octanol–water partition coefficient (Wildman–Crippen LogP) is 5.25. The van der Waals surface area contributed by atoms with Crippen molar-refractivity contribution in [1.29, 1.82) is 0 Å². The second-order valence-corrected chi connectivity index (χ2v) is 7.70. The zero-order chi connectivity index (χ0) is 21.6. The third kappa shape index (κ3) is 6.07. The first-order chi connectivity index (χ1) is 14.3. The molecular formula is C20H15F3N2O3S2. The third-order valence-electron chi connectivity index (χ3n) is 3.80. The summed E-state index contributed by atoms with van der Waals surface area (Å²) in [5.41, 5.74) is 2.29. The number of amides is 1. The third-order valence-corrected chi connectivity index (χ3v) is 5.54. The summed E-state index contributed by atoms with van der Waals surface area (Å²) in [6, 6.07) is 10.8. The van der Waals surface area contributed by atoms with Crippen LogP contribution in [-0.2, 0) is 21.5 Å². The molecule has 1 aromatic heterocycles. The van der Waals surface area contributed by atoms with E-state index in [0.717, 1.165) is 30.0 Å². The summed E-state index contributed by atoms with van der Waals surface area (Å²) in [5, 5.41) is 4.31. The Morgan fingerprint density at radius 1 is 1.10 bits per heavy atom. The maximum atomic E-state index is 12.6. The van der Waals surface area contributed by atoms with E-state index in [0.29, 0.717) is 16.2 Å². The van der Waals surface area contributed by atoms with Crippen LogP contribution in [0.1, 0.15) is 21.6 Å². The first kappa shape index (κ1) is 21.8. The van der Waals surface area contributed by atoms with Crippen LogP contribution in [0.15, 0.2) is 64.3 Å². The van der Waals surface area contributed by atoms with E-state index < -0.39 is 30.2 Å². The SMILES string of the molecule is O=C(COC(=O)c1ccccc1SCc1cscn1)Nc1ccc(C(F)(F)F)cc1. The molecule has 0 spiro atoms. The van der Waals surface area contributed by atoms with Crippen LogP contribution >= 0.6 is 23.1 Å². The van der Waals surface area contributed by atoms with Crippen LogP contribution in [0.3, 0.4) is 0 Å². The molecule has 30 heavy (non-hydrogen) atoms. The van der Waals surface area contributed by atoms with Crippen LogP contribution in [0.5, 0.6) is 0 Å². The molecule has 156 valence electrons. The summed E-state index contributed by atoms with van der Waals surface area (Å²) in [6.07, 6.45) is -4.46. The predicted molar refractivity (Wildman–Crippen MR) is 108 cm³/mol. The molecule has 5 nitrogen and oxygen atoms in total. The summed E-state index contributed by atoms with van der Waals surface area (Å²) in [6.45, 7) is -0.565. The molecule has 0 fully saturated rings. The van der Waals surface area contributed by atoms with Gasteiger partial charge in [-0.25, -0.2) is 9.78 Å². The normalized spacial score (nSPS) is 11.2. The molecule has 3 rings (SSSR count). The summed E-state index contributed by atoms with van der Waals surface area (Å²) in [7, 11) is 0. The van der Waals surface area contributed by atoms with E-state index in [9.17, 15) is 22.8 Å². The van der Waals surface area contributed by atoms with Crippen molar-refractivity contribution in [3.63, 3.8) is 0 Å². The highest BCUT2D eigenvalue weighted by atomic mass is 32.2. The Morgan fingerprint density at radius 3 is 2.50 bits per heavy atom. The molecule has 0 aliphatic heterocycles. The summed E-state index contributed by atoms with van der Waals surface area (Å²) in [4.78, 5) is 29.2. The highest BCUT2D eigenvalue weighted by Gasteiger charge is 2.30. The number of esters is 1. The number of nitrogens with one attached hydrogen (secondary N) is 1. The molecule has 0 aliphatic rings.